The summed E-state index contributed by atoms with van der Waals surface area (Å²) in [6, 6.07) is 3.81. The first-order valence-electron chi connectivity index (χ1n) is 6.94. The molecule has 0 saturated carbocycles. The molecule has 1 aromatic carbocycles. The van der Waals surface area contributed by atoms with Gasteiger partial charge in [-0.2, -0.15) is 17.7 Å². The topological polar surface area (TPSA) is 58.4 Å². The molecule has 3 heterocycles. The minimum Gasteiger partial charge on any atom is -0.318 e. The van der Waals surface area contributed by atoms with Crippen LogP contribution in [0, 0.1) is 0 Å². The van der Waals surface area contributed by atoms with E-state index in [1.54, 1.807) is 11.2 Å². The molecule has 10 heteroatoms. The zero-order valence-corrected chi connectivity index (χ0v) is 13.0. The van der Waals surface area contributed by atoms with E-state index in [9.17, 15) is 13.2 Å². The molecule has 124 valence electrons. The van der Waals surface area contributed by atoms with Gasteiger partial charge in [-0.1, -0.05) is 6.07 Å². The van der Waals surface area contributed by atoms with Gasteiger partial charge >= 0.3 is 6.18 Å². The number of halogens is 4. The number of hydrazine groups is 1. The molecule has 0 fully saturated rings. The van der Waals surface area contributed by atoms with E-state index in [1.165, 1.54) is 16.6 Å². The molecule has 2 aromatic heterocycles. The van der Waals surface area contributed by atoms with Gasteiger partial charge < -0.3 is 5.01 Å². The SMILES string of the molecule is CN1C=C(c2nc3c4cccc(C(F)(F)F)c4nc(Cl)n3n2)CN1. The highest BCUT2D eigenvalue weighted by Gasteiger charge is 2.34. The van der Waals surface area contributed by atoms with E-state index < -0.39 is 11.7 Å². The Kier molecular flexibility index (Phi) is 3.19. The van der Waals surface area contributed by atoms with Crippen molar-refractivity contribution in [3.8, 4) is 0 Å². The fourth-order valence-electron chi connectivity index (χ4n) is 2.64. The molecule has 4 rings (SSSR count). The molecule has 0 saturated heterocycles. The number of hydrogen-bond acceptors (Lipinski definition) is 5. The Morgan fingerprint density at radius 1 is 1.25 bits per heavy atom. The van der Waals surface area contributed by atoms with Crippen LogP contribution in [0.4, 0.5) is 13.2 Å². The Morgan fingerprint density at radius 3 is 2.71 bits per heavy atom. The summed E-state index contributed by atoms with van der Waals surface area (Å²) in [6.45, 7) is 0.518. The number of fused-ring (bicyclic) bond motifs is 3. The van der Waals surface area contributed by atoms with Crippen LogP contribution >= 0.6 is 11.6 Å². The van der Waals surface area contributed by atoms with E-state index in [-0.39, 0.29) is 21.8 Å². The lowest BCUT2D eigenvalue weighted by Gasteiger charge is -2.10. The maximum atomic E-state index is 13.2. The highest BCUT2D eigenvalue weighted by molar-refractivity contribution is 6.29. The first kappa shape index (κ1) is 15.2. The lowest BCUT2D eigenvalue weighted by Crippen LogP contribution is -2.23. The lowest BCUT2D eigenvalue weighted by atomic mass is 10.1. The summed E-state index contributed by atoms with van der Waals surface area (Å²) in [6.07, 6.45) is -2.73. The Balaban J connectivity index is 2.01. The van der Waals surface area contributed by atoms with Crippen molar-refractivity contribution < 1.29 is 13.2 Å². The predicted octanol–water partition coefficient (Wildman–Crippen LogP) is 2.74. The maximum Gasteiger partial charge on any atom is 0.418 e. The van der Waals surface area contributed by atoms with Gasteiger partial charge in [-0.15, -0.1) is 5.10 Å². The molecular weight excluding hydrogens is 345 g/mol. The molecular formula is C14H10ClF3N6. The normalized spacial score (nSPS) is 15.5. The largest absolute Gasteiger partial charge is 0.418 e. The Morgan fingerprint density at radius 2 is 2.04 bits per heavy atom. The fraction of sp³-hybridized carbons (Fsp3) is 0.214. The van der Waals surface area contributed by atoms with Gasteiger partial charge in [0.25, 0.3) is 0 Å². The van der Waals surface area contributed by atoms with Crippen molar-refractivity contribution in [1.82, 2.24) is 30.0 Å². The second-order valence-corrected chi connectivity index (χ2v) is 5.69. The average molecular weight is 355 g/mol. The quantitative estimate of drug-likeness (QED) is 0.681. The number of rotatable bonds is 1. The molecule has 0 aliphatic carbocycles. The first-order chi connectivity index (χ1) is 11.3. The molecule has 0 atom stereocenters. The second kappa shape index (κ2) is 5.05. The second-order valence-electron chi connectivity index (χ2n) is 5.35. The zero-order chi connectivity index (χ0) is 17.1. The van der Waals surface area contributed by atoms with Crippen LogP contribution in [0.3, 0.4) is 0 Å². The van der Waals surface area contributed by atoms with Gasteiger partial charge in [-0.3, -0.25) is 0 Å². The van der Waals surface area contributed by atoms with E-state index in [1.807, 2.05) is 7.05 Å². The van der Waals surface area contributed by atoms with Crippen molar-refractivity contribution in [3.63, 3.8) is 0 Å². The van der Waals surface area contributed by atoms with E-state index in [4.69, 9.17) is 11.6 Å². The van der Waals surface area contributed by atoms with Crippen LogP contribution in [0.5, 0.6) is 0 Å². The summed E-state index contributed by atoms with van der Waals surface area (Å²) in [5, 5.41) is 6.09. The standard InChI is InChI=1S/C14H10ClF3N6/c1-23-6-7(5-19-23)11-21-12-8-3-2-4-9(14(16,17)18)10(8)20-13(15)24(12)22-11/h2-4,6,19H,5H2,1H3. The van der Waals surface area contributed by atoms with Crippen LogP contribution in [0.1, 0.15) is 11.4 Å². The van der Waals surface area contributed by atoms with Gasteiger partial charge in [0.05, 0.1) is 11.1 Å². The first-order valence-corrected chi connectivity index (χ1v) is 7.32. The maximum absolute atomic E-state index is 13.2. The van der Waals surface area contributed by atoms with Gasteiger partial charge in [-0.05, 0) is 23.7 Å². The number of nitrogens with zero attached hydrogens (tertiary/aromatic N) is 5. The summed E-state index contributed by atoms with van der Waals surface area (Å²) in [7, 11) is 1.82. The van der Waals surface area contributed by atoms with E-state index in [0.717, 1.165) is 11.6 Å². The van der Waals surface area contributed by atoms with Gasteiger partial charge in [0.1, 0.15) is 0 Å². The summed E-state index contributed by atoms with van der Waals surface area (Å²) in [5.74, 6) is 0.389. The van der Waals surface area contributed by atoms with Crippen LogP contribution in [0.15, 0.2) is 24.4 Å². The number of alkyl halides is 3. The summed E-state index contributed by atoms with van der Waals surface area (Å²) < 4.78 is 40.8. The molecule has 0 spiro atoms. The van der Waals surface area contributed by atoms with Crippen molar-refractivity contribution in [1.29, 1.82) is 0 Å². The summed E-state index contributed by atoms with van der Waals surface area (Å²) >= 11 is 6.04. The van der Waals surface area contributed by atoms with Gasteiger partial charge in [-0.25, -0.2) is 15.4 Å². The molecule has 1 N–H and O–H groups in total. The van der Waals surface area contributed by atoms with Crippen molar-refractivity contribution in [2.24, 2.45) is 0 Å². The van der Waals surface area contributed by atoms with Gasteiger partial charge in [0.2, 0.25) is 5.28 Å². The van der Waals surface area contributed by atoms with Crippen molar-refractivity contribution >= 4 is 33.7 Å². The smallest absolute Gasteiger partial charge is 0.318 e. The molecule has 0 bridgehead atoms. The highest BCUT2D eigenvalue weighted by Crippen LogP contribution is 2.35. The van der Waals surface area contributed by atoms with Crippen molar-refractivity contribution in [3.05, 3.63) is 41.1 Å². The number of nitrogens with one attached hydrogen (secondary N) is 1. The third kappa shape index (κ3) is 2.28. The molecule has 6 nitrogen and oxygen atoms in total. The van der Waals surface area contributed by atoms with Crippen molar-refractivity contribution in [2.45, 2.75) is 6.18 Å². The third-order valence-corrected chi connectivity index (χ3v) is 3.97. The predicted molar refractivity (Wildman–Crippen MR) is 82.0 cm³/mol. The van der Waals surface area contributed by atoms with Crippen LogP contribution in [0.2, 0.25) is 5.28 Å². The Bertz CT molecular complexity index is 993. The lowest BCUT2D eigenvalue weighted by molar-refractivity contribution is -0.136. The van der Waals surface area contributed by atoms with Crippen LogP contribution in [-0.2, 0) is 6.18 Å². The Hall–Kier alpha value is -2.39. The van der Waals surface area contributed by atoms with E-state index in [0.29, 0.717) is 12.4 Å². The highest BCUT2D eigenvalue weighted by atomic mass is 35.5. The van der Waals surface area contributed by atoms with Gasteiger partial charge in [0, 0.05) is 30.8 Å². The van der Waals surface area contributed by atoms with Crippen LogP contribution in [-0.4, -0.2) is 38.2 Å². The van der Waals surface area contributed by atoms with E-state index in [2.05, 4.69) is 20.5 Å². The molecule has 0 radical (unpaired) electrons. The molecule has 3 aromatic rings. The molecule has 1 aliphatic rings. The van der Waals surface area contributed by atoms with E-state index >= 15 is 0 Å². The average Bonchev–Trinajstić information content (AvgIpc) is 3.12. The summed E-state index contributed by atoms with van der Waals surface area (Å²) in [5.41, 5.74) is 3.00. The fourth-order valence-corrected chi connectivity index (χ4v) is 2.84. The van der Waals surface area contributed by atoms with Crippen LogP contribution in [0.25, 0.3) is 22.1 Å². The van der Waals surface area contributed by atoms with Crippen LogP contribution < -0.4 is 5.43 Å². The third-order valence-electron chi connectivity index (χ3n) is 3.72. The molecule has 1 aliphatic heterocycles. The zero-order valence-electron chi connectivity index (χ0n) is 12.3. The minimum absolute atomic E-state index is 0.173. The summed E-state index contributed by atoms with van der Waals surface area (Å²) in [4.78, 5) is 8.25. The Labute approximate surface area is 138 Å². The molecule has 0 unspecified atom stereocenters. The number of aromatic nitrogens is 4. The van der Waals surface area contributed by atoms with Gasteiger partial charge in [0.15, 0.2) is 11.5 Å². The number of benzene rings is 1. The number of para-hydroxylation sites is 1. The molecule has 24 heavy (non-hydrogen) atoms. The monoisotopic (exact) mass is 354 g/mol. The minimum atomic E-state index is -4.53. The van der Waals surface area contributed by atoms with Crippen molar-refractivity contribution in [2.75, 3.05) is 13.6 Å². The molecule has 0 amide bonds. The number of hydrogen-bond donors (Lipinski definition) is 1.